The van der Waals surface area contributed by atoms with Crippen LogP contribution in [0.4, 0.5) is 0 Å². The maximum atomic E-state index is 11.7. The van der Waals surface area contributed by atoms with Crippen LogP contribution in [0.1, 0.15) is 16.8 Å². The minimum absolute atomic E-state index is 0.0345. The number of ether oxygens (including phenoxy) is 2. The lowest BCUT2D eigenvalue weighted by atomic mass is 10.3. The van der Waals surface area contributed by atoms with E-state index in [2.05, 4.69) is 4.98 Å². The van der Waals surface area contributed by atoms with Gasteiger partial charge in [0, 0.05) is 30.9 Å². The van der Waals surface area contributed by atoms with Gasteiger partial charge in [0.15, 0.2) is 5.75 Å². The molecule has 0 aliphatic heterocycles. The molecular weight excluding hydrogens is 329 g/mol. The highest BCUT2D eigenvalue weighted by atomic mass is 35.5. The van der Waals surface area contributed by atoms with Crippen molar-refractivity contribution in [1.29, 1.82) is 0 Å². The summed E-state index contributed by atoms with van der Waals surface area (Å²) in [5, 5.41) is 9.75. The Morgan fingerprint density at radius 1 is 1.23 bits per heavy atom. The minimum atomic E-state index is -0.436. The van der Waals surface area contributed by atoms with Gasteiger partial charge in [0.25, 0.3) is 0 Å². The lowest BCUT2D eigenvalue weighted by molar-refractivity contribution is 0.0485. The zero-order chi connectivity index (χ0) is 15.9. The molecule has 0 saturated heterocycles. The first-order valence-corrected chi connectivity index (χ1v) is 7.21. The molecular formula is C15H13Cl2NO4. The van der Waals surface area contributed by atoms with E-state index in [4.69, 9.17) is 32.7 Å². The molecule has 5 nitrogen and oxygen atoms in total. The Hall–Kier alpha value is -1.98. The van der Waals surface area contributed by atoms with Crippen molar-refractivity contribution in [2.45, 2.75) is 6.42 Å². The molecule has 1 aromatic carbocycles. The van der Waals surface area contributed by atoms with E-state index in [9.17, 15) is 9.90 Å². The van der Waals surface area contributed by atoms with Gasteiger partial charge in [0.2, 0.25) is 0 Å². The summed E-state index contributed by atoms with van der Waals surface area (Å²) in [6.45, 7) is 0.464. The molecule has 0 radical (unpaired) electrons. The Bertz CT molecular complexity index is 626. The van der Waals surface area contributed by atoms with Gasteiger partial charge in [-0.15, -0.1) is 0 Å². The first kappa shape index (κ1) is 16.4. The highest BCUT2D eigenvalue weighted by molar-refractivity contribution is 6.37. The SMILES string of the molecule is O=C(OCCCOc1c(Cl)cc(O)cc1Cl)c1cccnc1. The average Bonchev–Trinajstić information content (AvgIpc) is 2.49. The molecule has 1 aromatic heterocycles. The summed E-state index contributed by atoms with van der Waals surface area (Å²) < 4.78 is 10.5. The third kappa shape index (κ3) is 4.51. The average molecular weight is 342 g/mol. The number of phenolic OH excluding ortho intramolecular Hbond substituents is 1. The largest absolute Gasteiger partial charge is 0.508 e. The summed E-state index contributed by atoms with van der Waals surface area (Å²) in [5.74, 6) is -0.179. The van der Waals surface area contributed by atoms with Crippen LogP contribution in [0.25, 0.3) is 0 Å². The maximum Gasteiger partial charge on any atom is 0.339 e. The van der Waals surface area contributed by atoms with Gasteiger partial charge in [-0.2, -0.15) is 0 Å². The number of aromatic hydroxyl groups is 1. The summed E-state index contributed by atoms with van der Waals surface area (Å²) in [5.41, 5.74) is 0.396. The van der Waals surface area contributed by atoms with E-state index < -0.39 is 5.97 Å². The molecule has 1 N–H and O–H groups in total. The second-order valence-corrected chi connectivity index (χ2v) is 5.13. The summed E-state index contributed by atoms with van der Waals surface area (Å²) >= 11 is 11.8. The standard InChI is InChI=1S/C15H13Cl2NO4/c16-12-7-11(19)8-13(17)14(12)21-5-2-6-22-15(20)10-3-1-4-18-9-10/h1,3-4,7-9,19H,2,5-6H2. The fraction of sp³-hybridized carbons (Fsp3) is 0.200. The normalized spacial score (nSPS) is 10.3. The topological polar surface area (TPSA) is 68.7 Å². The van der Waals surface area contributed by atoms with Gasteiger partial charge < -0.3 is 14.6 Å². The van der Waals surface area contributed by atoms with Crippen LogP contribution < -0.4 is 4.74 Å². The summed E-state index contributed by atoms with van der Waals surface area (Å²) in [4.78, 5) is 15.5. The summed E-state index contributed by atoms with van der Waals surface area (Å²) in [7, 11) is 0. The second kappa shape index (κ2) is 7.87. The number of benzene rings is 1. The zero-order valence-corrected chi connectivity index (χ0v) is 13.0. The van der Waals surface area contributed by atoms with E-state index in [-0.39, 0.29) is 29.0 Å². The molecule has 7 heteroatoms. The van der Waals surface area contributed by atoms with Crippen molar-refractivity contribution in [2.24, 2.45) is 0 Å². The van der Waals surface area contributed by atoms with Crippen molar-refractivity contribution in [1.82, 2.24) is 4.98 Å². The van der Waals surface area contributed by atoms with E-state index in [0.717, 1.165) is 0 Å². The van der Waals surface area contributed by atoms with Gasteiger partial charge in [0.1, 0.15) is 5.75 Å². The van der Waals surface area contributed by atoms with Crippen LogP contribution >= 0.6 is 23.2 Å². The Labute approximate surface area is 137 Å². The fourth-order valence-corrected chi connectivity index (χ4v) is 2.23. The van der Waals surface area contributed by atoms with Crippen LogP contribution in [0.5, 0.6) is 11.5 Å². The van der Waals surface area contributed by atoms with Crippen molar-refractivity contribution >= 4 is 29.2 Å². The van der Waals surface area contributed by atoms with Crippen molar-refractivity contribution in [3.63, 3.8) is 0 Å². The third-order valence-corrected chi connectivity index (χ3v) is 3.21. The monoisotopic (exact) mass is 341 g/mol. The molecule has 22 heavy (non-hydrogen) atoms. The minimum Gasteiger partial charge on any atom is -0.508 e. The predicted molar refractivity (Wildman–Crippen MR) is 82.8 cm³/mol. The van der Waals surface area contributed by atoms with E-state index in [1.165, 1.54) is 18.3 Å². The van der Waals surface area contributed by atoms with Gasteiger partial charge in [0.05, 0.1) is 28.8 Å². The Morgan fingerprint density at radius 2 is 1.95 bits per heavy atom. The van der Waals surface area contributed by atoms with Crippen LogP contribution in [0, 0.1) is 0 Å². The van der Waals surface area contributed by atoms with Crippen molar-refractivity contribution in [2.75, 3.05) is 13.2 Å². The lowest BCUT2D eigenvalue weighted by Crippen LogP contribution is -2.09. The number of carbonyl (C=O) groups excluding carboxylic acids is 1. The number of esters is 1. The molecule has 0 bridgehead atoms. The predicted octanol–water partition coefficient (Wildman–Crippen LogP) is 3.72. The molecule has 0 aliphatic carbocycles. The van der Waals surface area contributed by atoms with Gasteiger partial charge in [-0.3, -0.25) is 4.98 Å². The van der Waals surface area contributed by atoms with Crippen molar-refractivity contribution in [3.8, 4) is 11.5 Å². The molecule has 0 unspecified atom stereocenters. The number of nitrogens with zero attached hydrogens (tertiary/aromatic N) is 1. The smallest absolute Gasteiger partial charge is 0.339 e. The van der Waals surface area contributed by atoms with Crippen LogP contribution in [-0.2, 0) is 4.74 Å². The molecule has 1 heterocycles. The van der Waals surface area contributed by atoms with E-state index in [1.807, 2.05) is 0 Å². The van der Waals surface area contributed by atoms with E-state index in [1.54, 1.807) is 18.3 Å². The van der Waals surface area contributed by atoms with Crippen LogP contribution in [0.15, 0.2) is 36.7 Å². The van der Waals surface area contributed by atoms with E-state index >= 15 is 0 Å². The Balaban J connectivity index is 1.75. The van der Waals surface area contributed by atoms with Gasteiger partial charge in [-0.1, -0.05) is 23.2 Å². The number of pyridine rings is 1. The quantitative estimate of drug-likeness (QED) is 0.640. The first-order chi connectivity index (χ1) is 10.6. The summed E-state index contributed by atoms with van der Waals surface area (Å²) in [6.07, 6.45) is 3.49. The number of halogens is 2. The van der Waals surface area contributed by atoms with Gasteiger partial charge >= 0.3 is 5.97 Å². The Morgan fingerprint density at radius 3 is 2.59 bits per heavy atom. The number of aromatic nitrogens is 1. The number of hydrogen-bond donors (Lipinski definition) is 1. The fourth-order valence-electron chi connectivity index (χ4n) is 1.65. The number of rotatable bonds is 6. The zero-order valence-electron chi connectivity index (χ0n) is 11.5. The molecule has 0 amide bonds. The highest BCUT2D eigenvalue weighted by Gasteiger charge is 2.10. The first-order valence-electron chi connectivity index (χ1n) is 6.46. The summed E-state index contributed by atoms with van der Waals surface area (Å²) in [6, 6.07) is 5.97. The van der Waals surface area contributed by atoms with Gasteiger partial charge in [-0.25, -0.2) is 4.79 Å². The van der Waals surface area contributed by atoms with Crippen molar-refractivity contribution in [3.05, 3.63) is 52.3 Å². The number of hydrogen-bond acceptors (Lipinski definition) is 5. The third-order valence-electron chi connectivity index (χ3n) is 2.65. The molecule has 0 spiro atoms. The molecule has 116 valence electrons. The highest BCUT2D eigenvalue weighted by Crippen LogP contribution is 2.36. The molecule has 0 fully saturated rings. The lowest BCUT2D eigenvalue weighted by Gasteiger charge is -2.10. The number of carbonyl (C=O) groups is 1. The van der Waals surface area contributed by atoms with Crippen LogP contribution in [0.2, 0.25) is 10.0 Å². The molecule has 2 aromatic rings. The molecule has 0 atom stereocenters. The molecule has 0 aliphatic rings. The van der Waals surface area contributed by atoms with Crippen molar-refractivity contribution < 1.29 is 19.4 Å². The van der Waals surface area contributed by atoms with Crippen LogP contribution in [0.3, 0.4) is 0 Å². The molecule has 0 saturated carbocycles. The number of phenols is 1. The molecule has 2 rings (SSSR count). The van der Waals surface area contributed by atoms with E-state index in [0.29, 0.717) is 17.7 Å². The van der Waals surface area contributed by atoms with Crippen LogP contribution in [-0.4, -0.2) is 29.3 Å². The van der Waals surface area contributed by atoms with Gasteiger partial charge in [-0.05, 0) is 12.1 Å². The Kier molecular flexibility index (Phi) is 5.86. The maximum absolute atomic E-state index is 11.7. The second-order valence-electron chi connectivity index (χ2n) is 4.32.